The molecule has 222 valence electrons. The summed E-state index contributed by atoms with van der Waals surface area (Å²) in [6, 6.07) is 32.7. The Bertz CT molecular complexity index is 3500. The van der Waals surface area contributed by atoms with Crippen molar-refractivity contribution in [3.8, 4) is 22.3 Å². The van der Waals surface area contributed by atoms with Gasteiger partial charge in [-0.15, -0.1) is 11.3 Å². The standard InChI is InChI=1S/C46H26OS/c1-2-11-29-27(10-1)20-22-31-30(29)17-9-18-32(31)44-35-14-5-3-12-33(35)43(34-13-4-6-15-36(34)44)28-21-24-41-38(26-28)46-42(48-41)25-23-40-45(46)37-16-7-8-19-39(37)47-40/h1-26H/i3D,4D,5D,6D,12D,13D,14D,15D. The molecular formula is C46H26OS. The molecule has 1 nitrogen and oxygen atoms in total. The summed E-state index contributed by atoms with van der Waals surface area (Å²) in [7, 11) is 0. The van der Waals surface area contributed by atoms with Gasteiger partial charge < -0.3 is 4.42 Å². The van der Waals surface area contributed by atoms with Crippen molar-refractivity contribution in [2.45, 2.75) is 0 Å². The molecule has 2 aromatic heterocycles. The number of hydrogen-bond acceptors (Lipinski definition) is 2. The van der Waals surface area contributed by atoms with Gasteiger partial charge in [-0.3, -0.25) is 0 Å². The predicted octanol–water partition coefficient (Wildman–Crippen LogP) is 13.9. The van der Waals surface area contributed by atoms with Gasteiger partial charge in [-0.2, -0.15) is 0 Å². The normalized spacial score (nSPS) is 14.5. The Hall–Kier alpha value is -5.96. The highest BCUT2D eigenvalue weighted by Gasteiger charge is 2.20. The van der Waals surface area contributed by atoms with Crippen LogP contribution in [0.1, 0.15) is 11.0 Å². The fourth-order valence-electron chi connectivity index (χ4n) is 7.68. The Kier molecular flexibility index (Phi) is 4.00. The summed E-state index contributed by atoms with van der Waals surface area (Å²) in [5.41, 5.74) is 3.36. The first-order chi connectivity index (χ1) is 27.1. The lowest BCUT2D eigenvalue weighted by atomic mass is 9.84. The van der Waals surface area contributed by atoms with E-state index in [0.29, 0.717) is 22.3 Å². The van der Waals surface area contributed by atoms with Gasteiger partial charge in [0.15, 0.2) is 0 Å². The molecule has 0 aliphatic carbocycles. The molecule has 0 saturated heterocycles. The highest BCUT2D eigenvalue weighted by Crippen LogP contribution is 2.48. The molecule has 0 unspecified atom stereocenters. The third-order valence-electron chi connectivity index (χ3n) is 9.69. The van der Waals surface area contributed by atoms with Crippen LogP contribution in [0.4, 0.5) is 0 Å². The van der Waals surface area contributed by atoms with Crippen LogP contribution >= 0.6 is 11.3 Å². The second-order valence-corrected chi connectivity index (χ2v) is 13.2. The van der Waals surface area contributed by atoms with Crippen molar-refractivity contribution in [2.24, 2.45) is 0 Å². The van der Waals surface area contributed by atoms with E-state index in [-0.39, 0.29) is 45.7 Å². The van der Waals surface area contributed by atoms with Crippen LogP contribution in [0.5, 0.6) is 0 Å². The van der Waals surface area contributed by atoms with Crippen molar-refractivity contribution in [1.29, 1.82) is 0 Å². The van der Waals surface area contributed by atoms with E-state index in [0.717, 1.165) is 63.7 Å². The summed E-state index contributed by atoms with van der Waals surface area (Å²) in [4.78, 5) is 0. The van der Waals surface area contributed by atoms with Gasteiger partial charge in [-0.25, -0.2) is 0 Å². The van der Waals surface area contributed by atoms with E-state index in [4.69, 9.17) is 9.90 Å². The second kappa shape index (κ2) is 9.78. The first kappa shape index (κ1) is 19.6. The van der Waals surface area contributed by atoms with Crippen LogP contribution in [-0.4, -0.2) is 0 Å². The smallest absolute Gasteiger partial charge is 0.136 e. The minimum Gasteiger partial charge on any atom is -0.456 e. The number of rotatable bonds is 2. The summed E-state index contributed by atoms with van der Waals surface area (Å²) in [5, 5.41) is 8.37. The zero-order valence-corrected chi connectivity index (χ0v) is 26.0. The molecule has 0 N–H and O–H groups in total. The van der Waals surface area contributed by atoms with E-state index >= 15 is 0 Å². The average molecular weight is 635 g/mol. The number of fused-ring (bicyclic) bond motifs is 12. The fourth-order valence-corrected chi connectivity index (χ4v) is 8.77. The summed E-state index contributed by atoms with van der Waals surface area (Å²) < 4.78 is 81.9. The van der Waals surface area contributed by atoms with Crippen LogP contribution in [0.2, 0.25) is 0 Å². The lowest BCUT2D eigenvalue weighted by molar-refractivity contribution is 0.669. The highest BCUT2D eigenvalue weighted by atomic mass is 32.1. The predicted molar refractivity (Wildman–Crippen MR) is 208 cm³/mol. The first-order valence-electron chi connectivity index (χ1n) is 19.8. The van der Waals surface area contributed by atoms with E-state index in [1.165, 1.54) is 0 Å². The molecule has 9 aromatic carbocycles. The molecule has 0 radical (unpaired) electrons. The maximum Gasteiger partial charge on any atom is 0.136 e. The molecule has 48 heavy (non-hydrogen) atoms. The molecular weight excluding hydrogens is 601 g/mol. The van der Waals surface area contributed by atoms with Gasteiger partial charge >= 0.3 is 0 Å². The van der Waals surface area contributed by atoms with Gasteiger partial charge in [0.1, 0.15) is 11.2 Å². The molecule has 11 rings (SSSR count). The SMILES string of the molecule is [2H]c1c([2H])c([2H])c2c(-c3cccc4c3ccc3ccccc34)c3c([2H])c([2H])c([2H])c([2H])c3c(-c3ccc4sc5ccc6oc7ccccc7c6c5c4c3)c2c1[2H]. The van der Waals surface area contributed by atoms with Crippen molar-refractivity contribution in [3.05, 3.63) is 158 Å². The average Bonchev–Trinajstić information content (AvgIpc) is 3.79. The number of para-hydroxylation sites is 1. The summed E-state index contributed by atoms with van der Waals surface area (Å²) in [5.74, 6) is 0. The first-order valence-corrected chi connectivity index (χ1v) is 16.6. The molecule has 0 aliphatic rings. The van der Waals surface area contributed by atoms with Gasteiger partial charge in [-0.05, 0) is 95.7 Å². The largest absolute Gasteiger partial charge is 0.456 e. The van der Waals surface area contributed by atoms with Crippen molar-refractivity contribution in [3.63, 3.8) is 0 Å². The lowest BCUT2D eigenvalue weighted by Gasteiger charge is -2.19. The highest BCUT2D eigenvalue weighted by molar-refractivity contribution is 7.26. The quantitative estimate of drug-likeness (QED) is 0.136. The van der Waals surface area contributed by atoms with Gasteiger partial charge in [0.05, 0.1) is 11.0 Å². The fraction of sp³-hybridized carbons (Fsp3) is 0. The number of hydrogen-bond donors (Lipinski definition) is 0. The van der Waals surface area contributed by atoms with E-state index < -0.39 is 24.2 Å². The molecule has 0 spiro atoms. The molecule has 0 saturated carbocycles. The van der Waals surface area contributed by atoms with Crippen LogP contribution in [0.3, 0.4) is 0 Å². The Balaban J connectivity index is 1.37. The lowest BCUT2D eigenvalue weighted by Crippen LogP contribution is -1.91. The zero-order valence-electron chi connectivity index (χ0n) is 33.2. The van der Waals surface area contributed by atoms with Crippen molar-refractivity contribution >= 4 is 96.5 Å². The van der Waals surface area contributed by atoms with Gasteiger partial charge in [-0.1, -0.05) is 127 Å². The van der Waals surface area contributed by atoms with Crippen molar-refractivity contribution in [2.75, 3.05) is 0 Å². The topological polar surface area (TPSA) is 13.1 Å². The summed E-state index contributed by atoms with van der Waals surface area (Å²) in [6.07, 6.45) is 0. The van der Waals surface area contributed by atoms with Crippen molar-refractivity contribution in [1.82, 2.24) is 0 Å². The zero-order chi connectivity index (χ0) is 38.3. The minimum atomic E-state index is -0.424. The Labute approximate surface area is 291 Å². The maximum absolute atomic E-state index is 9.49. The van der Waals surface area contributed by atoms with Crippen LogP contribution in [0, 0.1) is 0 Å². The molecule has 0 bridgehead atoms. The summed E-state index contributed by atoms with van der Waals surface area (Å²) in [6.45, 7) is 0. The van der Waals surface area contributed by atoms with Crippen LogP contribution < -0.4 is 0 Å². The minimum absolute atomic E-state index is 0.194. The number of thiophene rings is 1. The molecule has 11 aromatic rings. The molecule has 2 heterocycles. The van der Waals surface area contributed by atoms with Crippen molar-refractivity contribution < 1.29 is 15.4 Å². The van der Waals surface area contributed by atoms with E-state index in [2.05, 4.69) is 0 Å². The Morgan fingerprint density at radius 1 is 0.438 bits per heavy atom. The molecule has 0 aliphatic heterocycles. The monoisotopic (exact) mass is 634 g/mol. The van der Waals surface area contributed by atoms with E-state index in [1.54, 1.807) is 11.3 Å². The number of furan rings is 1. The molecule has 0 fully saturated rings. The van der Waals surface area contributed by atoms with Gasteiger partial charge in [0.25, 0.3) is 0 Å². The van der Waals surface area contributed by atoms with Gasteiger partial charge in [0, 0.05) is 30.9 Å². The number of benzene rings is 9. The van der Waals surface area contributed by atoms with Crippen LogP contribution in [0.25, 0.3) is 107 Å². The maximum atomic E-state index is 9.49. The third kappa shape index (κ3) is 3.55. The van der Waals surface area contributed by atoms with E-state index in [1.807, 2.05) is 109 Å². The molecule has 0 amide bonds. The summed E-state index contributed by atoms with van der Waals surface area (Å²) >= 11 is 1.64. The van der Waals surface area contributed by atoms with Crippen LogP contribution in [-0.2, 0) is 0 Å². The Morgan fingerprint density at radius 3 is 1.94 bits per heavy atom. The van der Waals surface area contributed by atoms with Crippen LogP contribution in [0.15, 0.2) is 162 Å². The molecule has 2 heteroatoms. The van der Waals surface area contributed by atoms with E-state index in [9.17, 15) is 5.48 Å². The third-order valence-corrected chi connectivity index (χ3v) is 10.8. The van der Waals surface area contributed by atoms with Gasteiger partial charge in [0.2, 0.25) is 0 Å². The Morgan fingerprint density at radius 2 is 1.12 bits per heavy atom. The molecule has 0 atom stereocenters. The second-order valence-electron chi connectivity index (χ2n) is 12.2.